The van der Waals surface area contributed by atoms with Crippen LogP contribution < -0.4 is 4.90 Å². The summed E-state index contributed by atoms with van der Waals surface area (Å²) >= 11 is 0. The molecular formula is C30H34FN5O4S. The highest BCUT2D eigenvalue weighted by Crippen LogP contribution is 2.46. The average molecular weight is 580 g/mol. The average Bonchev–Trinajstić information content (AvgIpc) is 3.56. The lowest BCUT2D eigenvalue weighted by Crippen LogP contribution is -2.51. The van der Waals surface area contributed by atoms with Gasteiger partial charge in [0.1, 0.15) is 16.5 Å². The number of rotatable bonds is 8. The minimum atomic E-state index is -3.79. The van der Waals surface area contributed by atoms with E-state index in [4.69, 9.17) is 4.74 Å². The molecule has 0 amide bonds. The first-order valence-electron chi connectivity index (χ1n) is 14.3. The summed E-state index contributed by atoms with van der Waals surface area (Å²) in [6.45, 7) is 3.01. The molecule has 0 radical (unpaired) electrons. The number of ether oxygens (including phenoxy) is 1. The van der Waals surface area contributed by atoms with Crippen molar-refractivity contribution in [3.8, 4) is 5.69 Å². The summed E-state index contributed by atoms with van der Waals surface area (Å²) in [7, 11) is -3.79. The largest absolute Gasteiger partial charge is 0.391 e. The molecular weight excluding hydrogens is 545 g/mol. The lowest BCUT2D eigenvalue weighted by atomic mass is 9.69. The third-order valence-electron chi connectivity index (χ3n) is 8.86. The minimum absolute atomic E-state index is 0.170. The van der Waals surface area contributed by atoms with Gasteiger partial charge >= 0.3 is 0 Å². The predicted molar refractivity (Wildman–Crippen MR) is 152 cm³/mol. The van der Waals surface area contributed by atoms with E-state index < -0.39 is 15.4 Å². The molecule has 3 aromatic rings. The van der Waals surface area contributed by atoms with Gasteiger partial charge in [-0.2, -0.15) is 9.40 Å². The van der Waals surface area contributed by atoms with Crippen molar-refractivity contribution >= 4 is 21.9 Å². The molecule has 4 aliphatic rings. The van der Waals surface area contributed by atoms with Crippen LogP contribution in [-0.2, 0) is 21.2 Å². The number of pyridine rings is 1. The zero-order chi connectivity index (χ0) is 28.2. The number of aliphatic hydroxyl groups excluding tert-OH is 1. The smallest absolute Gasteiger partial charge is 0.244 e. The van der Waals surface area contributed by atoms with Crippen molar-refractivity contribution in [2.75, 3.05) is 44.3 Å². The number of piperidine rings is 1. The molecule has 0 unspecified atom stereocenters. The van der Waals surface area contributed by atoms with E-state index in [2.05, 4.69) is 16.2 Å². The van der Waals surface area contributed by atoms with E-state index in [9.17, 15) is 17.9 Å². The van der Waals surface area contributed by atoms with Gasteiger partial charge in [-0.3, -0.25) is 0 Å². The standard InChI is InChI=1S/C30H34FN5O4S/c31-24-3-5-25(6-4-24)36-28-13-23-9-12-35(19-30(23,14-22(28)15-33-36)20-40-18-21-1-2-21)41(38,39)27-7-8-29(32-16-27)34-11-10-26(37)17-34/h3-8,13,15-16,21,26,37H,1-2,9-12,14,17-20H2/t26-,30-/m1/s1. The van der Waals surface area contributed by atoms with Crippen LogP contribution in [0.3, 0.4) is 0 Å². The van der Waals surface area contributed by atoms with Crippen LogP contribution in [0.2, 0.25) is 0 Å². The first-order valence-corrected chi connectivity index (χ1v) is 15.8. The zero-order valence-corrected chi connectivity index (χ0v) is 23.6. The molecule has 3 fully saturated rings. The maximum atomic E-state index is 13.9. The lowest BCUT2D eigenvalue weighted by Gasteiger charge is -2.45. The Morgan fingerprint density at radius 1 is 1.07 bits per heavy atom. The zero-order valence-electron chi connectivity index (χ0n) is 22.8. The van der Waals surface area contributed by atoms with Gasteiger partial charge in [-0.05, 0) is 86.1 Å². The second kappa shape index (κ2) is 10.3. The Hall–Kier alpha value is -3.12. The molecule has 9 nitrogen and oxygen atoms in total. The molecule has 2 aliphatic heterocycles. The number of halogens is 1. The highest BCUT2D eigenvalue weighted by atomic mass is 32.2. The molecule has 2 saturated heterocycles. The summed E-state index contributed by atoms with van der Waals surface area (Å²) < 4.78 is 51.0. The van der Waals surface area contributed by atoms with Gasteiger partial charge in [0.05, 0.1) is 30.3 Å². The molecule has 0 spiro atoms. The van der Waals surface area contributed by atoms with Gasteiger partial charge in [-0.1, -0.05) is 5.57 Å². The van der Waals surface area contributed by atoms with Gasteiger partial charge in [0, 0.05) is 44.4 Å². The Balaban J connectivity index is 1.17. The molecule has 11 heteroatoms. The van der Waals surface area contributed by atoms with Gasteiger partial charge in [0.25, 0.3) is 0 Å². The maximum absolute atomic E-state index is 13.9. The highest BCUT2D eigenvalue weighted by Gasteiger charge is 2.46. The van der Waals surface area contributed by atoms with E-state index in [0.717, 1.165) is 22.5 Å². The number of anilines is 1. The summed E-state index contributed by atoms with van der Waals surface area (Å²) in [5.41, 5.74) is 3.42. The lowest BCUT2D eigenvalue weighted by molar-refractivity contribution is 0.0358. The monoisotopic (exact) mass is 579 g/mol. The molecule has 41 heavy (non-hydrogen) atoms. The fourth-order valence-corrected chi connectivity index (χ4v) is 7.81. The Bertz CT molecular complexity index is 1570. The number of benzene rings is 1. The van der Waals surface area contributed by atoms with Crippen molar-refractivity contribution in [2.45, 2.75) is 43.1 Å². The quantitative estimate of drug-likeness (QED) is 0.437. The molecule has 1 N–H and O–H groups in total. The Labute approximate surface area is 239 Å². The first-order chi connectivity index (χ1) is 19.8. The van der Waals surface area contributed by atoms with Crippen LogP contribution in [-0.4, -0.2) is 78.1 Å². The molecule has 1 saturated carbocycles. The van der Waals surface area contributed by atoms with E-state index in [-0.39, 0.29) is 16.8 Å². The number of fused-ring (bicyclic) bond motifs is 2. The van der Waals surface area contributed by atoms with Crippen molar-refractivity contribution in [2.24, 2.45) is 11.3 Å². The van der Waals surface area contributed by atoms with Gasteiger partial charge in [-0.15, -0.1) is 0 Å². The number of β-amino-alcohol motifs (C(OH)–C–C–N with tert-alkyl or cyclic N) is 1. The van der Waals surface area contributed by atoms with Crippen LogP contribution in [0.1, 0.15) is 36.9 Å². The van der Waals surface area contributed by atoms with Crippen molar-refractivity contribution < 1.29 is 22.7 Å². The van der Waals surface area contributed by atoms with E-state index >= 15 is 0 Å². The van der Waals surface area contributed by atoms with E-state index in [0.29, 0.717) is 70.4 Å². The molecule has 0 bridgehead atoms. The fraction of sp³-hybridized carbons (Fsp3) is 0.467. The molecule has 4 heterocycles. The minimum Gasteiger partial charge on any atom is -0.391 e. The summed E-state index contributed by atoms with van der Waals surface area (Å²) in [6.07, 6.45) is 9.27. The number of aliphatic hydroxyl groups is 1. The SMILES string of the molecule is O=S(=O)(c1ccc(N2CC[C@@H](O)C2)nc1)N1CCC2=Cc3c(cnn3-c3ccc(F)cc3)C[C@]2(COCC2CC2)C1. The summed E-state index contributed by atoms with van der Waals surface area (Å²) in [5, 5.41) is 14.5. The molecule has 2 aliphatic carbocycles. The number of hydrogen-bond donors (Lipinski definition) is 1. The van der Waals surface area contributed by atoms with E-state index in [1.54, 1.807) is 28.6 Å². The van der Waals surface area contributed by atoms with Crippen LogP contribution in [0, 0.1) is 17.2 Å². The highest BCUT2D eigenvalue weighted by molar-refractivity contribution is 7.89. The Morgan fingerprint density at radius 2 is 1.90 bits per heavy atom. The third kappa shape index (κ3) is 5.09. The molecule has 2 atom stereocenters. The van der Waals surface area contributed by atoms with Crippen LogP contribution in [0.4, 0.5) is 10.2 Å². The van der Waals surface area contributed by atoms with E-state index in [1.165, 1.54) is 31.2 Å². The first kappa shape index (κ1) is 26.8. The summed E-state index contributed by atoms with van der Waals surface area (Å²) in [5.74, 6) is 0.976. The molecule has 2 aromatic heterocycles. The van der Waals surface area contributed by atoms with Gasteiger partial charge in [-0.25, -0.2) is 22.5 Å². The van der Waals surface area contributed by atoms with Crippen LogP contribution in [0.25, 0.3) is 11.8 Å². The molecule has 7 rings (SSSR count). The van der Waals surface area contributed by atoms with Crippen molar-refractivity contribution in [3.05, 3.63) is 71.4 Å². The van der Waals surface area contributed by atoms with Crippen LogP contribution >= 0.6 is 0 Å². The number of sulfonamides is 1. The molecule has 216 valence electrons. The van der Waals surface area contributed by atoms with Gasteiger partial charge in [0.15, 0.2) is 0 Å². The molecule has 1 aromatic carbocycles. The second-order valence-corrected chi connectivity index (χ2v) is 13.8. The Morgan fingerprint density at radius 3 is 2.61 bits per heavy atom. The van der Waals surface area contributed by atoms with Crippen molar-refractivity contribution in [3.63, 3.8) is 0 Å². The summed E-state index contributed by atoms with van der Waals surface area (Å²) in [4.78, 5) is 6.57. The van der Waals surface area contributed by atoms with Crippen LogP contribution in [0.15, 0.2) is 59.3 Å². The maximum Gasteiger partial charge on any atom is 0.244 e. The Kier molecular flexibility index (Phi) is 6.72. The predicted octanol–water partition coefficient (Wildman–Crippen LogP) is 3.42. The number of nitrogens with zero attached hydrogens (tertiary/aromatic N) is 5. The second-order valence-electron chi connectivity index (χ2n) is 11.9. The topological polar surface area (TPSA) is 101 Å². The fourth-order valence-electron chi connectivity index (χ4n) is 6.33. The normalized spacial score (nSPS) is 24.7. The van der Waals surface area contributed by atoms with Crippen molar-refractivity contribution in [1.82, 2.24) is 19.1 Å². The van der Waals surface area contributed by atoms with Gasteiger partial charge in [0.2, 0.25) is 10.0 Å². The van der Waals surface area contributed by atoms with Crippen molar-refractivity contribution in [1.29, 1.82) is 0 Å². The number of aromatic nitrogens is 3. The number of hydrogen-bond acceptors (Lipinski definition) is 7. The van der Waals surface area contributed by atoms with Gasteiger partial charge < -0.3 is 14.7 Å². The van der Waals surface area contributed by atoms with Crippen LogP contribution in [0.5, 0.6) is 0 Å². The third-order valence-corrected chi connectivity index (χ3v) is 10.7. The van der Waals surface area contributed by atoms with E-state index in [1.807, 2.05) is 15.8 Å². The summed E-state index contributed by atoms with van der Waals surface area (Å²) in [6, 6.07) is 9.62.